The Labute approximate surface area is 157 Å². The molecule has 0 bridgehead atoms. The summed E-state index contributed by atoms with van der Waals surface area (Å²) in [4.78, 5) is 14.3. The van der Waals surface area contributed by atoms with E-state index in [0.717, 1.165) is 13.0 Å². The van der Waals surface area contributed by atoms with Crippen molar-refractivity contribution in [3.05, 3.63) is 57.3 Å². The van der Waals surface area contributed by atoms with Crippen molar-refractivity contribution in [1.82, 2.24) is 9.47 Å². The topological polar surface area (TPSA) is 34.5 Å². The number of carbonyl (C=O) groups excluding carboxylic acids is 1. The third kappa shape index (κ3) is 3.92. The predicted molar refractivity (Wildman–Crippen MR) is 103 cm³/mol. The molecule has 25 heavy (non-hydrogen) atoms. The first-order valence-electron chi connectivity index (χ1n) is 8.64. The van der Waals surface area contributed by atoms with E-state index >= 15 is 0 Å². The minimum atomic E-state index is -0.472. The van der Waals surface area contributed by atoms with Crippen molar-refractivity contribution in [3.63, 3.8) is 0 Å². The highest BCUT2D eigenvalue weighted by molar-refractivity contribution is 9.10. The lowest BCUT2D eigenvalue weighted by atomic mass is 10.1. The first-order valence-corrected chi connectivity index (χ1v) is 9.44. The number of ether oxygens (including phenoxy) is 1. The number of fused-ring (bicyclic) bond motifs is 1. The molecule has 1 aromatic heterocycles. The zero-order valence-electron chi connectivity index (χ0n) is 15.3. The minimum Gasteiger partial charge on any atom is -0.444 e. The van der Waals surface area contributed by atoms with Gasteiger partial charge in [-0.15, -0.1) is 0 Å². The van der Waals surface area contributed by atoms with Gasteiger partial charge in [-0.2, -0.15) is 0 Å². The SMILES string of the molecule is Cc1c(Br)c2c(n1Cc1ccccc1)CN(C(=O)OC(C)(C)C)CC2. The number of rotatable bonds is 2. The lowest BCUT2D eigenvalue weighted by Gasteiger charge is -2.31. The molecule has 3 rings (SSSR count). The van der Waals surface area contributed by atoms with E-state index in [1.54, 1.807) is 4.90 Å². The van der Waals surface area contributed by atoms with Crippen molar-refractivity contribution < 1.29 is 9.53 Å². The molecule has 0 atom stereocenters. The molecule has 5 heteroatoms. The second kappa shape index (κ2) is 6.87. The molecular formula is C20H25BrN2O2. The molecule has 0 N–H and O–H groups in total. The average Bonchev–Trinajstić information content (AvgIpc) is 2.79. The molecule has 1 aliphatic rings. The van der Waals surface area contributed by atoms with Gasteiger partial charge in [-0.05, 0) is 61.2 Å². The quantitative estimate of drug-likeness (QED) is 0.712. The van der Waals surface area contributed by atoms with E-state index in [-0.39, 0.29) is 6.09 Å². The van der Waals surface area contributed by atoms with Crippen LogP contribution in [0.5, 0.6) is 0 Å². The molecule has 0 radical (unpaired) electrons. The largest absolute Gasteiger partial charge is 0.444 e. The standard InChI is InChI=1S/C20H25BrN2O2/c1-14-18(21)16-10-11-22(19(24)25-20(2,3)4)13-17(16)23(14)12-15-8-6-5-7-9-15/h5-9H,10-13H2,1-4H3. The van der Waals surface area contributed by atoms with E-state index in [4.69, 9.17) is 4.74 Å². The van der Waals surface area contributed by atoms with Gasteiger partial charge >= 0.3 is 6.09 Å². The second-order valence-electron chi connectivity index (χ2n) is 7.55. The number of aromatic nitrogens is 1. The van der Waals surface area contributed by atoms with Crippen molar-refractivity contribution >= 4 is 22.0 Å². The van der Waals surface area contributed by atoms with Crippen LogP contribution in [-0.4, -0.2) is 27.7 Å². The summed E-state index contributed by atoms with van der Waals surface area (Å²) in [6.45, 7) is 9.92. The van der Waals surface area contributed by atoms with Gasteiger partial charge < -0.3 is 14.2 Å². The van der Waals surface area contributed by atoms with E-state index in [1.807, 2.05) is 26.8 Å². The third-order valence-corrected chi connectivity index (χ3v) is 5.52. The maximum atomic E-state index is 12.5. The second-order valence-corrected chi connectivity index (χ2v) is 8.34. The number of benzene rings is 1. The number of amides is 1. The molecule has 1 aliphatic heterocycles. The zero-order chi connectivity index (χ0) is 18.2. The van der Waals surface area contributed by atoms with Crippen LogP contribution in [0.1, 0.15) is 43.3 Å². The Morgan fingerprint density at radius 2 is 1.92 bits per heavy atom. The fourth-order valence-corrected chi connectivity index (χ4v) is 3.87. The molecular weight excluding hydrogens is 380 g/mol. The summed E-state index contributed by atoms with van der Waals surface area (Å²) < 4.78 is 9.03. The lowest BCUT2D eigenvalue weighted by Crippen LogP contribution is -2.40. The molecule has 4 nitrogen and oxygen atoms in total. The van der Waals surface area contributed by atoms with Gasteiger partial charge in [0.2, 0.25) is 0 Å². The Kier molecular flexibility index (Phi) is 4.96. The minimum absolute atomic E-state index is 0.237. The highest BCUT2D eigenvalue weighted by Gasteiger charge is 2.30. The highest BCUT2D eigenvalue weighted by Crippen LogP contribution is 2.33. The van der Waals surface area contributed by atoms with Gasteiger partial charge in [-0.3, -0.25) is 0 Å². The van der Waals surface area contributed by atoms with Crippen molar-refractivity contribution in [1.29, 1.82) is 0 Å². The monoisotopic (exact) mass is 404 g/mol. The maximum absolute atomic E-state index is 12.5. The van der Waals surface area contributed by atoms with Crippen LogP contribution in [-0.2, 0) is 24.2 Å². The number of hydrogen-bond donors (Lipinski definition) is 0. The van der Waals surface area contributed by atoms with Crippen molar-refractivity contribution in [2.45, 2.75) is 52.8 Å². The maximum Gasteiger partial charge on any atom is 0.410 e. The third-order valence-electron chi connectivity index (χ3n) is 4.47. The number of carbonyl (C=O) groups is 1. The summed E-state index contributed by atoms with van der Waals surface area (Å²) in [5.41, 5.74) is 4.50. The molecule has 0 aliphatic carbocycles. The Hall–Kier alpha value is -1.75. The van der Waals surface area contributed by atoms with Crippen LogP contribution in [0.4, 0.5) is 4.79 Å². The van der Waals surface area contributed by atoms with Crippen LogP contribution in [0.2, 0.25) is 0 Å². The average molecular weight is 405 g/mol. The van der Waals surface area contributed by atoms with E-state index in [9.17, 15) is 4.79 Å². The fourth-order valence-electron chi connectivity index (χ4n) is 3.23. The smallest absolute Gasteiger partial charge is 0.410 e. The Balaban J connectivity index is 1.88. The normalized spacial score (nSPS) is 14.4. The number of hydrogen-bond acceptors (Lipinski definition) is 2. The van der Waals surface area contributed by atoms with Gasteiger partial charge in [-0.1, -0.05) is 30.3 Å². The molecule has 2 heterocycles. The molecule has 0 spiro atoms. The van der Waals surface area contributed by atoms with E-state index in [2.05, 4.69) is 51.7 Å². The highest BCUT2D eigenvalue weighted by atomic mass is 79.9. The number of halogens is 1. The van der Waals surface area contributed by atoms with Crippen LogP contribution in [0, 0.1) is 6.92 Å². The lowest BCUT2D eigenvalue weighted by molar-refractivity contribution is 0.0219. The van der Waals surface area contributed by atoms with Crippen LogP contribution in [0.3, 0.4) is 0 Å². The van der Waals surface area contributed by atoms with Gasteiger partial charge in [0.05, 0.1) is 6.54 Å². The molecule has 2 aromatic rings. The predicted octanol–water partition coefficient (Wildman–Crippen LogP) is 4.90. The Bertz CT molecular complexity index is 775. The summed E-state index contributed by atoms with van der Waals surface area (Å²) >= 11 is 3.75. The number of nitrogens with zero attached hydrogens (tertiary/aromatic N) is 2. The Morgan fingerprint density at radius 3 is 2.56 bits per heavy atom. The van der Waals surface area contributed by atoms with E-state index in [1.165, 1.54) is 27.0 Å². The Morgan fingerprint density at radius 1 is 1.24 bits per heavy atom. The van der Waals surface area contributed by atoms with Gasteiger partial charge in [0.15, 0.2) is 0 Å². The van der Waals surface area contributed by atoms with Gasteiger partial charge in [-0.25, -0.2) is 4.79 Å². The molecule has 1 aromatic carbocycles. The molecule has 0 saturated carbocycles. The molecule has 0 fully saturated rings. The van der Waals surface area contributed by atoms with Crippen LogP contribution < -0.4 is 0 Å². The van der Waals surface area contributed by atoms with Crippen LogP contribution >= 0.6 is 15.9 Å². The van der Waals surface area contributed by atoms with Crippen molar-refractivity contribution in [2.75, 3.05) is 6.54 Å². The summed E-state index contributed by atoms with van der Waals surface area (Å²) in [6, 6.07) is 10.4. The summed E-state index contributed by atoms with van der Waals surface area (Å²) in [7, 11) is 0. The summed E-state index contributed by atoms with van der Waals surface area (Å²) in [5, 5.41) is 0. The van der Waals surface area contributed by atoms with Gasteiger partial charge in [0, 0.05) is 29.0 Å². The van der Waals surface area contributed by atoms with E-state index < -0.39 is 5.60 Å². The summed E-state index contributed by atoms with van der Waals surface area (Å²) in [5.74, 6) is 0. The summed E-state index contributed by atoms with van der Waals surface area (Å²) in [6.07, 6.45) is 0.608. The van der Waals surface area contributed by atoms with Crippen LogP contribution in [0.25, 0.3) is 0 Å². The molecule has 134 valence electrons. The molecule has 0 unspecified atom stereocenters. The van der Waals surface area contributed by atoms with Crippen molar-refractivity contribution in [2.24, 2.45) is 0 Å². The van der Waals surface area contributed by atoms with Crippen LogP contribution in [0.15, 0.2) is 34.8 Å². The molecule has 0 saturated heterocycles. The first-order chi connectivity index (χ1) is 11.8. The first kappa shape index (κ1) is 18.1. The fraction of sp³-hybridized carbons (Fsp3) is 0.450. The van der Waals surface area contributed by atoms with Gasteiger partial charge in [0.25, 0.3) is 0 Å². The van der Waals surface area contributed by atoms with Crippen molar-refractivity contribution in [3.8, 4) is 0 Å². The van der Waals surface area contributed by atoms with E-state index in [0.29, 0.717) is 13.1 Å². The van der Waals surface area contributed by atoms with Gasteiger partial charge in [0.1, 0.15) is 5.60 Å². The zero-order valence-corrected chi connectivity index (χ0v) is 16.9. The molecule has 1 amide bonds.